The van der Waals surface area contributed by atoms with E-state index in [1.54, 1.807) is 6.20 Å². The molecule has 0 bridgehead atoms. The van der Waals surface area contributed by atoms with Crippen LogP contribution in [0.3, 0.4) is 0 Å². The van der Waals surface area contributed by atoms with E-state index in [1.807, 2.05) is 55.5 Å². The monoisotopic (exact) mass is 332 g/mol. The number of aromatic nitrogens is 2. The smallest absolute Gasteiger partial charge is 0.275 e. The van der Waals surface area contributed by atoms with Crippen molar-refractivity contribution in [1.82, 2.24) is 9.97 Å². The molecule has 5 heteroatoms. The molecule has 0 fully saturated rings. The summed E-state index contributed by atoms with van der Waals surface area (Å²) in [5.74, 6) is 0.313. The Balaban J connectivity index is 1.65. The lowest BCUT2D eigenvalue weighted by Gasteiger charge is -2.08. The Labute approximate surface area is 147 Å². The number of carbonyl (C=O) groups excluding carboxylic acids is 1. The average molecular weight is 332 g/mol. The van der Waals surface area contributed by atoms with Crippen LogP contribution in [0.4, 0.5) is 17.2 Å². The molecule has 1 amide bonds. The lowest BCUT2D eigenvalue weighted by Crippen LogP contribution is -2.14. The fourth-order valence-electron chi connectivity index (χ4n) is 2.40. The van der Waals surface area contributed by atoms with Crippen LogP contribution in [0.15, 0.2) is 60.9 Å². The van der Waals surface area contributed by atoms with Gasteiger partial charge in [0.25, 0.3) is 5.91 Å². The van der Waals surface area contributed by atoms with Crippen molar-refractivity contribution in [3.05, 3.63) is 77.7 Å². The summed E-state index contributed by atoms with van der Waals surface area (Å²) in [7, 11) is 0. The van der Waals surface area contributed by atoms with Crippen LogP contribution >= 0.6 is 0 Å². The predicted octanol–water partition coefficient (Wildman–Crippen LogP) is 4.34. The molecular formula is C20H20N4O. The molecule has 1 heterocycles. The molecule has 0 unspecified atom stereocenters. The van der Waals surface area contributed by atoms with Gasteiger partial charge in [0.1, 0.15) is 11.5 Å². The third-order valence-electron chi connectivity index (χ3n) is 3.80. The molecule has 25 heavy (non-hydrogen) atoms. The minimum atomic E-state index is -0.279. The summed E-state index contributed by atoms with van der Waals surface area (Å²) in [4.78, 5) is 20.7. The molecule has 3 rings (SSSR count). The largest absolute Gasteiger partial charge is 0.339 e. The van der Waals surface area contributed by atoms with Crippen molar-refractivity contribution in [2.45, 2.75) is 20.3 Å². The van der Waals surface area contributed by atoms with Crippen LogP contribution in [-0.2, 0) is 6.42 Å². The zero-order chi connectivity index (χ0) is 17.6. The molecule has 2 aromatic carbocycles. The van der Waals surface area contributed by atoms with E-state index in [-0.39, 0.29) is 11.6 Å². The molecule has 0 aliphatic heterocycles. The molecule has 0 spiro atoms. The van der Waals surface area contributed by atoms with Gasteiger partial charge in [0, 0.05) is 11.4 Å². The number of hydrogen-bond acceptors (Lipinski definition) is 4. The highest BCUT2D eigenvalue weighted by molar-refractivity contribution is 6.02. The van der Waals surface area contributed by atoms with Crippen molar-refractivity contribution in [2.24, 2.45) is 0 Å². The van der Waals surface area contributed by atoms with Crippen LogP contribution in [0.5, 0.6) is 0 Å². The molecule has 0 radical (unpaired) electrons. The minimum Gasteiger partial charge on any atom is -0.339 e. The SMILES string of the molecule is CCc1ccc(NC(=O)c2cnc(Nc3cccc(C)c3)cn2)cc1. The number of benzene rings is 2. The molecule has 0 aliphatic carbocycles. The Morgan fingerprint density at radius 3 is 2.44 bits per heavy atom. The zero-order valence-electron chi connectivity index (χ0n) is 14.3. The molecule has 126 valence electrons. The first-order valence-corrected chi connectivity index (χ1v) is 8.20. The first-order chi connectivity index (χ1) is 12.1. The second kappa shape index (κ2) is 7.57. The van der Waals surface area contributed by atoms with Crippen molar-refractivity contribution in [1.29, 1.82) is 0 Å². The van der Waals surface area contributed by atoms with Crippen molar-refractivity contribution in [3.63, 3.8) is 0 Å². The van der Waals surface area contributed by atoms with E-state index in [4.69, 9.17) is 0 Å². The molecule has 0 saturated carbocycles. The predicted molar refractivity (Wildman–Crippen MR) is 100 cm³/mol. The van der Waals surface area contributed by atoms with Crippen molar-refractivity contribution < 1.29 is 4.79 Å². The Morgan fingerprint density at radius 2 is 1.80 bits per heavy atom. The standard InChI is InChI=1S/C20H20N4O/c1-3-15-7-9-16(10-8-15)24-20(25)18-12-22-19(13-21-18)23-17-6-4-5-14(2)11-17/h4-13H,3H2,1-2H3,(H,22,23)(H,24,25). The minimum absolute atomic E-state index is 0.273. The number of aryl methyl sites for hydroxylation is 2. The summed E-state index contributed by atoms with van der Waals surface area (Å²) >= 11 is 0. The Hall–Kier alpha value is -3.21. The van der Waals surface area contributed by atoms with E-state index in [2.05, 4.69) is 27.5 Å². The van der Waals surface area contributed by atoms with E-state index < -0.39 is 0 Å². The summed E-state index contributed by atoms with van der Waals surface area (Å²) < 4.78 is 0. The number of carbonyl (C=O) groups is 1. The van der Waals surface area contributed by atoms with Gasteiger partial charge in [0.15, 0.2) is 0 Å². The van der Waals surface area contributed by atoms with Gasteiger partial charge in [0.05, 0.1) is 12.4 Å². The molecule has 1 aromatic heterocycles. The van der Waals surface area contributed by atoms with E-state index in [1.165, 1.54) is 11.8 Å². The van der Waals surface area contributed by atoms with Gasteiger partial charge in [-0.25, -0.2) is 9.97 Å². The summed E-state index contributed by atoms with van der Waals surface area (Å²) in [6.07, 6.45) is 3.99. The summed E-state index contributed by atoms with van der Waals surface area (Å²) in [6, 6.07) is 15.7. The molecule has 3 aromatic rings. The number of nitrogens with zero attached hydrogens (tertiary/aromatic N) is 2. The Kier molecular flexibility index (Phi) is 5.04. The van der Waals surface area contributed by atoms with Gasteiger partial charge in [-0.05, 0) is 48.7 Å². The van der Waals surface area contributed by atoms with E-state index >= 15 is 0 Å². The zero-order valence-corrected chi connectivity index (χ0v) is 14.3. The third kappa shape index (κ3) is 4.41. The number of hydrogen-bond donors (Lipinski definition) is 2. The highest BCUT2D eigenvalue weighted by atomic mass is 16.1. The van der Waals surface area contributed by atoms with E-state index in [0.717, 1.165) is 23.4 Å². The first-order valence-electron chi connectivity index (χ1n) is 8.20. The lowest BCUT2D eigenvalue weighted by atomic mass is 10.1. The van der Waals surface area contributed by atoms with Crippen molar-refractivity contribution in [2.75, 3.05) is 10.6 Å². The van der Waals surface area contributed by atoms with E-state index in [0.29, 0.717) is 5.82 Å². The van der Waals surface area contributed by atoms with Crippen LogP contribution in [-0.4, -0.2) is 15.9 Å². The second-order valence-corrected chi connectivity index (χ2v) is 5.79. The molecule has 0 atom stereocenters. The number of rotatable bonds is 5. The van der Waals surface area contributed by atoms with Crippen molar-refractivity contribution >= 4 is 23.1 Å². The summed E-state index contributed by atoms with van der Waals surface area (Å²) in [5.41, 5.74) is 4.33. The van der Waals surface area contributed by atoms with Crippen molar-refractivity contribution in [3.8, 4) is 0 Å². The third-order valence-corrected chi connectivity index (χ3v) is 3.80. The van der Waals surface area contributed by atoms with Gasteiger partial charge in [-0.3, -0.25) is 4.79 Å². The maximum Gasteiger partial charge on any atom is 0.275 e. The normalized spacial score (nSPS) is 10.3. The number of amides is 1. The molecular weight excluding hydrogens is 312 g/mol. The topological polar surface area (TPSA) is 66.9 Å². The van der Waals surface area contributed by atoms with E-state index in [9.17, 15) is 4.79 Å². The van der Waals surface area contributed by atoms with Gasteiger partial charge in [-0.2, -0.15) is 0 Å². The molecule has 0 saturated heterocycles. The van der Waals surface area contributed by atoms with Gasteiger partial charge < -0.3 is 10.6 Å². The van der Waals surface area contributed by atoms with Gasteiger partial charge in [-0.1, -0.05) is 31.2 Å². The maximum atomic E-state index is 12.2. The van der Waals surface area contributed by atoms with Crippen LogP contribution in [0.25, 0.3) is 0 Å². The maximum absolute atomic E-state index is 12.2. The fourth-order valence-corrected chi connectivity index (χ4v) is 2.40. The number of nitrogens with one attached hydrogen (secondary N) is 2. The summed E-state index contributed by atoms with van der Waals surface area (Å²) in [5, 5.41) is 5.99. The molecule has 0 aliphatic rings. The lowest BCUT2D eigenvalue weighted by molar-refractivity contribution is 0.102. The molecule has 2 N–H and O–H groups in total. The Bertz CT molecular complexity index is 858. The second-order valence-electron chi connectivity index (χ2n) is 5.79. The average Bonchev–Trinajstić information content (AvgIpc) is 2.63. The Morgan fingerprint density at radius 1 is 1.00 bits per heavy atom. The van der Waals surface area contributed by atoms with Gasteiger partial charge in [0.2, 0.25) is 0 Å². The highest BCUT2D eigenvalue weighted by Crippen LogP contribution is 2.15. The fraction of sp³-hybridized carbons (Fsp3) is 0.150. The van der Waals surface area contributed by atoms with Crippen LogP contribution in [0, 0.1) is 6.92 Å². The number of anilines is 3. The summed E-state index contributed by atoms with van der Waals surface area (Å²) in [6.45, 7) is 4.12. The van der Waals surface area contributed by atoms with Crippen LogP contribution in [0.2, 0.25) is 0 Å². The quantitative estimate of drug-likeness (QED) is 0.729. The van der Waals surface area contributed by atoms with Gasteiger partial charge >= 0.3 is 0 Å². The highest BCUT2D eigenvalue weighted by Gasteiger charge is 2.08. The molecule has 5 nitrogen and oxygen atoms in total. The van der Waals surface area contributed by atoms with Crippen LogP contribution in [0.1, 0.15) is 28.5 Å². The van der Waals surface area contributed by atoms with Gasteiger partial charge in [-0.15, -0.1) is 0 Å². The van der Waals surface area contributed by atoms with Crippen LogP contribution < -0.4 is 10.6 Å². The first kappa shape index (κ1) is 16.6.